The molecule has 4 rings (SSSR count). The van der Waals surface area contributed by atoms with Crippen molar-refractivity contribution in [2.75, 3.05) is 13.7 Å². The van der Waals surface area contributed by atoms with Gasteiger partial charge in [-0.15, -0.1) is 10.2 Å². The van der Waals surface area contributed by atoms with Crippen molar-refractivity contribution in [1.82, 2.24) is 19.7 Å². The van der Waals surface area contributed by atoms with Crippen LogP contribution >= 0.6 is 0 Å². The lowest BCUT2D eigenvalue weighted by Crippen LogP contribution is -2.62. The summed E-state index contributed by atoms with van der Waals surface area (Å²) in [6.45, 7) is 3.87. The highest BCUT2D eigenvalue weighted by Gasteiger charge is 2.57. The molecule has 3 aliphatic rings. The number of aromatic nitrogens is 3. The summed E-state index contributed by atoms with van der Waals surface area (Å²) >= 11 is 0. The van der Waals surface area contributed by atoms with Crippen molar-refractivity contribution in [3.05, 3.63) is 11.6 Å². The van der Waals surface area contributed by atoms with Gasteiger partial charge in [0.25, 0.3) is 0 Å². The predicted molar refractivity (Wildman–Crippen MR) is 89.2 cm³/mol. The topological polar surface area (TPSA) is 43.2 Å². The molecule has 0 N–H and O–H groups in total. The summed E-state index contributed by atoms with van der Waals surface area (Å²) < 4.78 is 8.28. The number of hydrogen-bond donors (Lipinski definition) is 0. The molecule has 1 aromatic heterocycles. The maximum atomic E-state index is 6.05. The third kappa shape index (κ3) is 2.52. The fourth-order valence-electron chi connectivity index (χ4n) is 5.01. The minimum atomic E-state index is 0.405. The molecule has 1 aromatic rings. The van der Waals surface area contributed by atoms with Gasteiger partial charge in [0, 0.05) is 31.0 Å². The highest BCUT2D eigenvalue weighted by Crippen LogP contribution is 2.56. The average molecular weight is 318 g/mol. The molecule has 0 aliphatic heterocycles. The molecule has 0 amide bonds. The molecule has 3 saturated carbocycles. The first-order valence-electron chi connectivity index (χ1n) is 9.35. The van der Waals surface area contributed by atoms with E-state index in [1.807, 2.05) is 0 Å². The Bertz CT molecular complexity index is 559. The molecule has 128 valence electrons. The van der Waals surface area contributed by atoms with Gasteiger partial charge in [0.2, 0.25) is 0 Å². The zero-order valence-electron chi connectivity index (χ0n) is 14.8. The Kier molecular flexibility index (Phi) is 3.96. The SMILES string of the molecule is CCO[C@H]1C[C@@H](N(C)Cc2nnc(C3CC3)n2C)C12CCCC2. The Morgan fingerprint density at radius 3 is 2.65 bits per heavy atom. The van der Waals surface area contributed by atoms with Crippen LogP contribution in [-0.4, -0.2) is 45.5 Å². The Balaban J connectivity index is 1.45. The summed E-state index contributed by atoms with van der Waals surface area (Å²) in [6, 6.07) is 0.641. The van der Waals surface area contributed by atoms with E-state index in [0.29, 0.717) is 23.5 Å². The normalized spacial score (nSPS) is 29.4. The van der Waals surface area contributed by atoms with Gasteiger partial charge in [0.05, 0.1) is 12.6 Å². The lowest BCUT2D eigenvalue weighted by molar-refractivity contribution is -0.162. The molecule has 23 heavy (non-hydrogen) atoms. The summed E-state index contributed by atoms with van der Waals surface area (Å²) in [4.78, 5) is 2.52. The Morgan fingerprint density at radius 1 is 1.26 bits per heavy atom. The van der Waals surface area contributed by atoms with Crippen LogP contribution in [-0.2, 0) is 18.3 Å². The highest BCUT2D eigenvalue weighted by atomic mass is 16.5. The third-order valence-corrected chi connectivity index (χ3v) is 6.51. The second kappa shape index (κ2) is 5.85. The first-order chi connectivity index (χ1) is 11.2. The van der Waals surface area contributed by atoms with Gasteiger partial charge in [0.15, 0.2) is 0 Å². The van der Waals surface area contributed by atoms with E-state index in [2.05, 4.69) is 40.7 Å². The summed E-state index contributed by atoms with van der Waals surface area (Å²) in [5, 5.41) is 8.90. The fourth-order valence-corrected chi connectivity index (χ4v) is 5.01. The van der Waals surface area contributed by atoms with Gasteiger partial charge in [-0.3, -0.25) is 4.90 Å². The molecule has 0 unspecified atom stereocenters. The van der Waals surface area contributed by atoms with E-state index in [1.165, 1.54) is 50.8 Å². The molecular formula is C18H30N4O. The van der Waals surface area contributed by atoms with Crippen LogP contribution in [0.3, 0.4) is 0 Å². The van der Waals surface area contributed by atoms with Crippen molar-refractivity contribution in [3.8, 4) is 0 Å². The van der Waals surface area contributed by atoms with Gasteiger partial charge in [-0.25, -0.2) is 0 Å². The fraction of sp³-hybridized carbons (Fsp3) is 0.889. The van der Waals surface area contributed by atoms with E-state index in [1.54, 1.807) is 0 Å². The first kappa shape index (κ1) is 15.6. The number of rotatable bonds is 6. The summed E-state index contributed by atoms with van der Waals surface area (Å²) in [5.41, 5.74) is 0.405. The van der Waals surface area contributed by atoms with Crippen molar-refractivity contribution < 1.29 is 4.74 Å². The van der Waals surface area contributed by atoms with Gasteiger partial charge in [-0.2, -0.15) is 0 Å². The number of nitrogens with zero attached hydrogens (tertiary/aromatic N) is 4. The predicted octanol–water partition coefficient (Wildman–Crippen LogP) is 2.86. The summed E-state index contributed by atoms with van der Waals surface area (Å²) in [6.07, 6.45) is 9.61. The van der Waals surface area contributed by atoms with E-state index < -0.39 is 0 Å². The van der Waals surface area contributed by atoms with E-state index in [9.17, 15) is 0 Å². The van der Waals surface area contributed by atoms with Gasteiger partial charge in [0.1, 0.15) is 11.6 Å². The van der Waals surface area contributed by atoms with E-state index in [0.717, 1.165) is 19.0 Å². The quantitative estimate of drug-likeness (QED) is 0.809. The Morgan fingerprint density at radius 2 is 2.00 bits per heavy atom. The van der Waals surface area contributed by atoms with E-state index >= 15 is 0 Å². The third-order valence-electron chi connectivity index (χ3n) is 6.51. The van der Waals surface area contributed by atoms with Crippen molar-refractivity contribution in [3.63, 3.8) is 0 Å². The van der Waals surface area contributed by atoms with Crippen LogP contribution in [0.1, 0.15) is 69.4 Å². The van der Waals surface area contributed by atoms with Gasteiger partial charge in [-0.05, 0) is 46.1 Å². The molecule has 0 aromatic carbocycles. The minimum absolute atomic E-state index is 0.405. The standard InChI is InChI=1S/C18H30N4O/c1-4-23-15-11-14(18(15)9-5-6-10-18)21(2)12-16-19-20-17(22(16)3)13-7-8-13/h13-15H,4-12H2,1-3H3/t14-,15+/m1/s1. The maximum Gasteiger partial charge on any atom is 0.146 e. The van der Waals surface area contributed by atoms with Crippen molar-refractivity contribution >= 4 is 0 Å². The molecule has 3 aliphatic carbocycles. The minimum Gasteiger partial charge on any atom is -0.378 e. The van der Waals surface area contributed by atoms with Crippen molar-refractivity contribution in [2.24, 2.45) is 12.5 Å². The lowest BCUT2D eigenvalue weighted by atomic mass is 9.60. The second-order valence-corrected chi connectivity index (χ2v) is 7.86. The summed E-state index contributed by atoms with van der Waals surface area (Å²) in [5.74, 6) is 2.96. The molecular weight excluding hydrogens is 288 g/mol. The molecule has 5 nitrogen and oxygen atoms in total. The number of ether oxygens (including phenoxy) is 1. The molecule has 1 spiro atoms. The van der Waals surface area contributed by atoms with Gasteiger partial charge in [-0.1, -0.05) is 12.8 Å². The highest BCUT2D eigenvalue weighted by molar-refractivity contribution is 5.12. The van der Waals surface area contributed by atoms with E-state index in [4.69, 9.17) is 4.74 Å². The van der Waals surface area contributed by atoms with Crippen LogP contribution in [0.25, 0.3) is 0 Å². The van der Waals surface area contributed by atoms with Gasteiger partial charge >= 0.3 is 0 Å². The maximum absolute atomic E-state index is 6.05. The van der Waals surface area contributed by atoms with Crippen molar-refractivity contribution in [1.29, 1.82) is 0 Å². The van der Waals surface area contributed by atoms with E-state index in [-0.39, 0.29) is 0 Å². The molecule has 1 heterocycles. The first-order valence-corrected chi connectivity index (χ1v) is 9.35. The van der Waals surface area contributed by atoms with Crippen LogP contribution in [0.4, 0.5) is 0 Å². The lowest BCUT2D eigenvalue weighted by Gasteiger charge is -2.57. The Hall–Kier alpha value is -0.940. The molecule has 3 fully saturated rings. The molecule has 0 bridgehead atoms. The van der Waals surface area contributed by atoms with Crippen molar-refractivity contribution in [2.45, 2.75) is 76.5 Å². The smallest absolute Gasteiger partial charge is 0.146 e. The molecule has 0 radical (unpaired) electrons. The zero-order valence-corrected chi connectivity index (χ0v) is 14.8. The zero-order chi connectivity index (χ0) is 16.0. The largest absolute Gasteiger partial charge is 0.378 e. The molecule has 5 heteroatoms. The van der Waals surface area contributed by atoms with Crippen LogP contribution in [0.15, 0.2) is 0 Å². The Labute approximate surface area is 139 Å². The monoisotopic (exact) mass is 318 g/mol. The van der Waals surface area contributed by atoms with Crippen LogP contribution < -0.4 is 0 Å². The van der Waals surface area contributed by atoms with Gasteiger partial charge < -0.3 is 9.30 Å². The molecule has 0 saturated heterocycles. The van der Waals surface area contributed by atoms with Crippen LogP contribution in [0.2, 0.25) is 0 Å². The number of hydrogen-bond acceptors (Lipinski definition) is 4. The summed E-state index contributed by atoms with van der Waals surface area (Å²) in [7, 11) is 4.39. The van der Waals surface area contributed by atoms with Crippen LogP contribution in [0.5, 0.6) is 0 Å². The molecule has 2 atom stereocenters. The second-order valence-electron chi connectivity index (χ2n) is 7.86. The average Bonchev–Trinajstić information content (AvgIpc) is 3.10. The van der Waals surface area contributed by atoms with Crippen LogP contribution in [0, 0.1) is 5.41 Å².